The standard InChI is InChI=1S/C20H37NO2S/c1-4-5-6-7-8-9-10-11-12-15-18-24-19(20(22)23-3)16-13-14-17-21-2/h19H,4-18H2,1,3H3. The van der Waals surface area contributed by atoms with E-state index in [1.807, 2.05) is 0 Å². The molecule has 0 radical (unpaired) electrons. The second kappa shape index (κ2) is 18.6. The van der Waals surface area contributed by atoms with Gasteiger partial charge in [-0.3, -0.25) is 4.79 Å². The molecule has 0 aromatic carbocycles. The van der Waals surface area contributed by atoms with Crippen LogP contribution in [0.4, 0.5) is 0 Å². The summed E-state index contributed by atoms with van der Waals surface area (Å²) in [6.45, 7) is 9.61. The molecule has 0 heterocycles. The van der Waals surface area contributed by atoms with E-state index in [1.165, 1.54) is 71.3 Å². The van der Waals surface area contributed by atoms with E-state index in [1.54, 1.807) is 11.8 Å². The molecule has 4 heteroatoms. The van der Waals surface area contributed by atoms with Gasteiger partial charge in [-0.05, 0) is 25.0 Å². The maximum absolute atomic E-state index is 11.8. The highest BCUT2D eigenvalue weighted by molar-refractivity contribution is 8.00. The largest absolute Gasteiger partial charge is 0.468 e. The fourth-order valence-corrected chi connectivity index (χ4v) is 3.96. The Morgan fingerprint density at radius 2 is 1.54 bits per heavy atom. The van der Waals surface area contributed by atoms with Crippen LogP contribution in [0, 0.1) is 6.57 Å². The minimum atomic E-state index is -0.102. The maximum Gasteiger partial charge on any atom is 0.318 e. The topological polar surface area (TPSA) is 30.7 Å². The molecule has 3 nitrogen and oxygen atoms in total. The smallest absolute Gasteiger partial charge is 0.318 e. The van der Waals surface area contributed by atoms with E-state index in [2.05, 4.69) is 11.8 Å². The van der Waals surface area contributed by atoms with Crippen LogP contribution in [0.3, 0.4) is 0 Å². The van der Waals surface area contributed by atoms with Crippen molar-refractivity contribution in [3.8, 4) is 0 Å². The number of esters is 1. The molecule has 0 rings (SSSR count). The summed E-state index contributed by atoms with van der Waals surface area (Å²) in [6.07, 6.45) is 16.1. The second-order valence-electron chi connectivity index (χ2n) is 6.44. The number of thioether (sulfide) groups is 1. The molecular formula is C20H37NO2S. The van der Waals surface area contributed by atoms with Crippen LogP contribution in [0.15, 0.2) is 0 Å². The number of carbonyl (C=O) groups excluding carboxylic acids is 1. The van der Waals surface area contributed by atoms with E-state index in [4.69, 9.17) is 11.3 Å². The van der Waals surface area contributed by atoms with E-state index in [0.717, 1.165) is 25.0 Å². The Balaban J connectivity index is 3.55. The summed E-state index contributed by atoms with van der Waals surface area (Å²) in [5, 5.41) is -0.0423. The predicted molar refractivity (Wildman–Crippen MR) is 105 cm³/mol. The van der Waals surface area contributed by atoms with Gasteiger partial charge in [-0.15, -0.1) is 11.8 Å². The van der Waals surface area contributed by atoms with Gasteiger partial charge in [-0.25, -0.2) is 6.57 Å². The molecule has 140 valence electrons. The summed E-state index contributed by atoms with van der Waals surface area (Å²) in [6, 6.07) is 0. The monoisotopic (exact) mass is 355 g/mol. The first kappa shape index (κ1) is 23.3. The van der Waals surface area contributed by atoms with Gasteiger partial charge >= 0.3 is 5.97 Å². The molecule has 0 spiro atoms. The summed E-state index contributed by atoms with van der Waals surface area (Å²) in [4.78, 5) is 15.1. The number of methoxy groups -OCH3 is 1. The second-order valence-corrected chi connectivity index (χ2v) is 7.75. The average molecular weight is 356 g/mol. The normalized spacial score (nSPS) is 11.9. The summed E-state index contributed by atoms with van der Waals surface area (Å²) in [5.74, 6) is 0.939. The first-order valence-corrected chi connectivity index (χ1v) is 10.8. The Kier molecular flexibility index (Phi) is 18.1. The van der Waals surface area contributed by atoms with E-state index in [9.17, 15) is 4.79 Å². The number of rotatable bonds is 17. The van der Waals surface area contributed by atoms with Gasteiger partial charge in [0.05, 0.1) is 7.11 Å². The van der Waals surface area contributed by atoms with E-state index >= 15 is 0 Å². The number of hydrogen-bond acceptors (Lipinski definition) is 3. The van der Waals surface area contributed by atoms with Gasteiger partial charge in [0, 0.05) is 6.42 Å². The van der Waals surface area contributed by atoms with Crippen LogP contribution in [-0.4, -0.2) is 30.6 Å². The summed E-state index contributed by atoms with van der Waals surface area (Å²) in [5.41, 5.74) is 0. The lowest BCUT2D eigenvalue weighted by molar-refractivity contribution is -0.140. The Labute approximate surface area is 154 Å². The number of hydrogen-bond donors (Lipinski definition) is 0. The van der Waals surface area contributed by atoms with Crippen LogP contribution in [-0.2, 0) is 9.53 Å². The van der Waals surface area contributed by atoms with Crippen molar-refractivity contribution >= 4 is 17.7 Å². The van der Waals surface area contributed by atoms with Crippen LogP contribution in [0.25, 0.3) is 4.85 Å². The molecule has 0 aromatic heterocycles. The number of nitrogens with zero attached hydrogens (tertiary/aromatic N) is 1. The molecule has 0 bridgehead atoms. The molecule has 0 saturated carbocycles. The fraction of sp³-hybridized carbons (Fsp3) is 0.900. The van der Waals surface area contributed by atoms with Crippen molar-refractivity contribution in [2.45, 2.75) is 95.6 Å². The maximum atomic E-state index is 11.8. The van der Waals surface area contributed by atoms with Crippen LogP contribution < -0.4 is 0 Å². The fourth-order valence-electron chi connectivity index (χ4n) is 2.74. The van der Waals surface area contributed by atoms with Gasteiger partial charge in [0.1, 0.15) is 5.25 Å². The van der Waals surface area contributed by atoms with Gasteiger partial charge < -0.3 is 9.58 Å². The molecule has 0 aliphatic carbocycles. The highest BCUT2D eigenvalue weighted by atomic mass is 32.2. The van der Waals surface area contributed by atoms with Crippen LogP contribution in [0.5, 0.6) is 0 Å². The third-order valence-electron chi connectivity index (χ3n) is 4.27. The van der Waals surface area contributed by atoms with Gasteiger partial charge in [0.25, 0.3) is 0 Å². The van der Waals surface area contributed by atoms with Crippen LogP contribution >= 0.6 is 11.8 Å². The first-order chi connectivity index (χ1) is 11.8. The molecule has 0 N–H and O–H groups in total. The third kappa shape index (κ3) is 14.9. The van der Waals surface area contributed by atoms with Crippen LogP contribution in [0.1, 0.15) is 90.4 Å². The number of carbonyl (C=O) groups is 1. The lowest BCUT2D eigenvalue weighted by atomic mass is 10.1. The minimum absolute atomic E-state index is 0.0423. The highest BCUT2D eigenvalue weighted by Gasteiger charge is 2.18. The van der Waals surface area contributed by atoms with Crippen molar-refractivity contribution in [2.24, 2.45) is 0 Å². The molecule has 1 atom stereocenters. The van der Waals surface area contributed by atoms with Gasteiger partial charge in [0.2, 0.25) is 6.54 Å². The Morgan fingerprint density at radius 1 is 0.958 bits per heavy atom. The van der Waals surface area contributed by atoms with Crippen LogP contribution in [0.2, 0.25) is 0 Å². The van der Waals surface area contributed by atoms with Gasteiger partial charge in [0.15, 0.2) is 0 Å². The molecule has 0 aliphatic heterocycles. The Hall–Kier alpha value is -0.690. The molecule has 0 fully saturated rings. The SMILES string of the molecule is [C-]#[N+]CCCCC(SCCCCCCCCCCCC)C(=O)OC. The molecule has 0 aromatic rings. The summed E-state index contributed by atoms with van der Waals surface area (Å²) < 4.78 is 4.90. The number of unbranched alkanes of at least 4 members (excludes halogenated alkanes) is 10. The lowest BCUT2D eigenvalue weighted by Crippen LogP contribution is -2.19. The molecular weight excluding hydrogens is 318 g/mol. The molecule has 0 amide bonds. The zero-order valence-corrected chi connectivity index (χ0v) is 16.7. The van der Waals surface area contributed by atoms with E-state index in [-0.39, 0.29) is 11.2 Å². The lowest BCUT2D eigenvalue weighted by Gasteiger charge is -2.13. The zero-order valence-electron chi connectivity index (χ0n) is 15.9. The van der Waals surface area contributed by atoms with Crippen molar-refractivity contribution in [3.05, 3.63) is 11.4 Å². The number of ether oxygens (including phenoxy) is 1. The van der Waals surface area contributed by atoms with E-state index in [0.29, 0.717) is 6.54 Å². The summed E-state index contributed by atoms with van der Waals surface area (Å²) >= 11 is 1.74. The predicted octanol–water partition coefficient (Wildman–Crippen LogP) is 6.27. The molecule has 1 unspecified atom stereocenters. The third-order valence-corrected chi connectivity index (χ3v) is 5.62. The Bertz CT molecular complexity index is 328. The van der Waals surface area contributed by atoms with Gasteiger partial charge in [-0.1, -0.05) is 64.7 Å². The average Bonchev–Trinajstić information content (AvgIpc) is 2.60. The van der Waals surface area contributed by atoms with Crippen molar-refractivity contribution in [1.82, 2.24) is 0 Å². The molecule has 0 aliphatic rings. The van der Waals surface area contributed by atoms with Crippen molar-refractivity contribution in [2.75, 3.05) is 19.4 Å². The first-order valence-electron chi connectivity index (χ1n) is 9.78. The van der Waals surface area contributed by atoms with Crippen molar-refractivity contribution in [3.63, 3.8) is 0 Å². The minimum Gasteiger partial charge on any atom is -0.468 e. The van der Waals surface area contributed by atoms with Crippen molar-refractivity contribution < 1.29 is 9.53 Å². The summed E-state index contributed by atoms with van der Waals surface area (Å²) in [7, 11) is 1.47. The molecule has 24 heavy (non-hydrogen) atoms. The Morgan fingerprint density at radius 3 is 2.08 bits per heavy atom. The quantitative estimate of drug-likeness (QED) is 0.175. The van der Waals surface area contributed by atoms with E-state index < -0.39 is 0 Å². The highest BCUT2D eigenvalue weighted by Crippen LogP contribution is 2.21. The molecule has 0 saturated heterocycles. The zero-order chi connectivity index (χ0) is 17.9. The van der Waals surface area contributed by atoms with Crippen molar-refractivity contribution in [1.29, 1.82) is 0 Å². The van der Waals surface area contributed by atoms with Gasteiger partial charge in [-0.2, -0.15) is 0 Å².